The predicted octanol–water partition coefficient (Wildman–Crippen LogP) is 1.01. The Labute approximate surface area is 122 Å². The Balaban J connectivity index is 2.02. The molecule has 0 spiro atoms. The van der Waals surface area contributed by atoms with Crippen molar-refractivity contribution in [3.8, 4) is 11.3 Å². The topological polar surface area (TPSA) is 68.1 Å². The van der Waals surface area contributed by atoms with Crippen LogP contribution in [0.5, 0.6) is 0 Å². The van der Waals surface area contributed by atoms with Crippen LogP contribution in [0.3, 0.4) is 0 Å². The van der Waals surface area contributed by atoms with Crippen molar-refractivity contribution in [2.75, 3.05) is 18.0 Å². The summed E-state index contributed by atoms with van der Waals surface area (Å²) in [5, 5.41) is 0. The first-order chi connectivity index (χ1) is 10.1. The molecule has 0 saturated carbocycles. The first-order valence-electron chi connectivity index (χ1n) is 6.90. The van der Waals surface area contributed by atoms with Gasteiger partial charge in [-0.2, -0.15) is 0 Å². The Morgan fingerprint density at radius 2 is 1.76 bits per heavy atom. The summed E-state index contributed by atoms with van der Waals surface area (Å²) in [6.07, 6.45) is 4.37. The number of carbonyl (C=O) groups is 1. The first kappa shape index (κ1) is 13.5. The van der Waals surface area contributed by atoms with Crippen molar-refractivity contribution in [2.45, 2.75) is 12.8 Å². The summed E-state index contributed by atoms with van der Waals surface area (Å²) in [7, 11) is 1.71. The summed E-state index contributed by atoms with van der Waals surface area (Å²) in [5.41, 5.74) is 1.38. The normalized spacial score (nSPS) is 15.3. The summed E-state index contributed by atoms with van der Waals surface area (Å²) in [6.45, 7) is 1.22. The number of nitrogens with zero attached hydrogens (tertiary/aromatic N) is 4. The molecular weight excluding hydrogens is 268 g/mol. The zero-order chi connectivity index (χ0) is 14.8. The van der Waals surface area contributed by atoms with Crippen LogP contribution in [-0.2, 0) is 11.8 Å². The number of Topliss-reactive ketones (excluding diaryl/α,β-unsaturated/α-hetero) is 1. The summed E-state index contributed by atoms with van der Waals surface area (Å²) >= 11 is 0. The molecule has 0 bridgehead atoms. The Bertz CT molecular complexity index is 714. The van der Waals surface area contributed by atoms with Crippen molar-refractivity contribution in [1.82, 2.24) is 14.5 Å². The highest BCUT2D eigenvalue weighted by molar-refractivity contribution is 5.80. The van der Waals surface area contributed by atoms with Gasteiger partial charge in [-0.05, 0) is 12.1 Å². The van der Waals surface area contributed by atoms with Crippen LogP contribution in [0, 0.1) is 0 Å². The van der Waals surface area contributed by atoms with E-state index in [0.29, 0.717) is 37.6 Å². The van der Waals surface area contributed by atoms with Crippen LogP contribution in [-0.4, -0.2) is 33.4 Å². The van der Waals surface area contributed by atoms with Crippen LogP contribution in [0.15, 0.2) is 35.4 Å². The minimum atomic E-state index is -0.108. The highest BCUT2D eigenvalue weighted by Crippen LogP contribution is 2.19. The van der Waals surface area contributed by atoms with Gasteiger partial charge in [-0.1, -0.05) is 0 Å². The van der Waals surface area contributed by atoms with Crippen molar-refractivity contribution >= 4 is 11.7 Å². The maximum Gasteiger partial charge on any atom is 0.255 e. The van der Waals surface area contributed by atoms with E-state index in [1.54, 1.807) is 19.4 Å². The molecule has 6 nitrogen and oxygen atoms in total. The third-order valence-electron chi connectivity index (χ3n) is 3.69. The van der Waals surface area contributed by atoms with E-state index in [9.17, 15) is 9.59 Å². The Hall–Kier alpha value is -2.50. The molecule has 0 N–H and O–H groups in total. The maximum absolute atomic E-state index is 12.2. The molecule has 0 aromatic carbocycles. The average Bonchev–Trinajstić information content (AvgIpc) is 2.52. The van der Waals surface area contributed by atoms with Gasteiger partial charge in [0.1, 0.15) is 5.78 Å². The molecule has 3 heterocycles. The minimum Gasteiger partial charge on any atom is -0.341 e. The molecule has 21 heavy (non-hydrogen) atoms. The van der Waals surface area contributed by atoms with Gasteiger partial charge in [0.25, 0.3) is 5.56 Å². The number of hydrogen-bond acceptors (Lipinski definition) is 5. The number of piperidine rings is 1. The van der Waals surface area contributed by atoms with Crippen LogP contribution in [0.1, 0.15) is 12.8 Å². The summed E-state index contributed by atoms with van der Waals surface area (Å²) in [5.74, 6) is 0.878. The summed E-state index contributed by atoms with van der Waals surface area (Å²) in [6, 6.07) is 5.17. The molecule has 3 rings (SSSR count). The van der Waals surface area contributed by atoms with E-state index in [4.69, 9.17) is 0 Å². The van der Waals surface area contributed by atoms with E-state index in [1.165, 1.54) is 10.6 Å². The molecule has 2 aromatic rings. The molecule has 0 amide bonds. The van der Waals surface area contributed by atoms with Gasteiger partial charge in [-0.3, -0.25) is 19.1 Å². The molecule has 0 unspecified atom stereocenters. The molecule has 1 aliphatic rings. The molecule has 1 saturated heterocycles. The number of rotatable bonds is 2. The van der Waals surface area contributed by atoms with Crippen molar-refractivity contribution < 1.29 is 4.79 Å². The Morgan fingerprint density at radius 1 is 1.10 bits per heavy atom. The second kappa shape index (κ2) is 5.47. The number of anilines is 1. The van der Waals surface area contributed by atoms with Gasteiger partial charge in [0, 0.05) is 57.0 Å². The van der Waals surface area contributed by atoms with Gasteiger partial charge in [0.15, 0.2) is 0 Å². The third-order valence-corrected chi connectivity index (χ3v) is 3.69. The highest BCUT2D eigenvalue weighted by atomic mass is 16.1. The largest absolute Gasteiger partial charge is 0.341 e. The van der Waals surface area contributed by atoms with Gasteiger partial charge in [0.05, 0.1) is 5.69 Å². The van der Waals surface area contributed by atoms with Crippen LogP contribution in [0.25, 0.3) is 11.3 Å². The molecule has 1 fully saturated rings. The van der Waals surface area contributed by atoms with Crippen molar-refractivity contribution in [3.63, 3.8) is 0 Å². The van der Waals surface area contributed by atoms with E-state index < -0.39 is 0 Å². The SMILES string of the molecule is Cn1c(N2CCC(=O)CC2)nc(-c2ccncc2)cc1=O. The molecule has 1 aliphatic heterocycles. The maximum atomic E-state index is 12.2. The van der Waals surface area contributed by atoms with Gasteiger partial charge in [0.2, 0.25) is 5.95 Å². The van der Waals surface area contributed by atoms with Gasteiger partial charge in [-0.25, -0.2) is 4.98 Å². The molecule has 2 aromatic heterocycles. The lowest BCUT2D eigenvalue weighted by atomic mass is 10.1. The van der Waals surface area contributed by atoms with Crippen LogP contribution < -0.4 is 10.5 Å². The van der Waals surface area contributed by atoms with Crippen molar-refractivity contribution in [2.24, 2.45) is 7.05 Å². The Morgan fingerprint density at radius 3 is 2.43 bits per heavy atom. The highest BCUT2D eigenvalue weighted by Gasteiger charge is 2.20. The first-order valence-corrected chi connectivity index (χ1v) is 6.90. The number of hydrogen-bond donors (Lipinski definition) is 0. The molecular formula is C15H16N4O2. The molecule has 0 atom stereocenters. The van der Waals surface area contributed by atoms with Crippen LogP contribution in [0.4, 0.5) is 5.95 Å². The van der Waals surface area contributed by atoms with Gasteiger partial charge < -0.3 is 4.90 Å². The van der Waals surface area contributed by atoms with E-state index in [1.807, 2.05) is 17.0 Å². The van der Waals surface area contributed by atoms with Gasteiger partial charge >= 0.3 is 0 Å². The van der Waals surface area contributed by atoms with Crippen molar-refractivity contribution in [1.29, 1.82) is 0 Å². The number of ketones is 1. The van der Waals surface area contributed by atoms with E-state index >= 15 is 0 Å². The number of pyridine rings is 1. The van der Waals surface area contributed by atoms with E-state index in [0.717, 1.165) is 5.56 Å². The zero-order valence-electron chi connectivity index (χ0n) is 11.8. The predicted molar refractivity (Wildman–Crippen MR) is 79.2 cm³/mol. The van der Waals surface area contributed by atoms with E-state index in [-0.39, 0.29) is 11.3 Å². The lowest BCUT2D eigenvalue weighted by Crippen LogP contribution is -2.38. The molecule has 0 radical (unpaired) electrons. The summed E-state index contributed by atoms with van der Waals surface area (Å²) in [4.78, 5) is 34.1. The van der Waals surface area contributed by atoms with Gasteiger partial charge in [-0.15, -0.1) is 0 Å². The smallest absolute Gasteiger partial charge is 0.255 e. The minimum absolute atomic E-state index is 0.108. The van der Waals surface area contributed by atoms with Crippen molar-refractivity contribution in [3.05, 3.63) is 40.9 Å². The van der Waals surface area contributed by atoms with Crippen LogP contribution in [0.2, 0.25) is 0 Å². The fourth-order valence-electron chi connectivity index (χ4n) is 2.44. The summed E-state index contributed by atoms with van der Waals surface area (Å²) < 4.78 is 1.53. The quantitative estimate of drug-likeness (QED) is 0.823. The number of aromatic nitrogens is 3. The van der Waals surface area contributed by atoms with E-state index in [2.05, 4.69) is 9.97 Å². The molecule has 108 valence electrons. The fraction of sp³-hybridized carbons (Fsp3) is 0.333. The standard InChI is InChI=1S/C15H16N4O2/c1-18-14(21)10-13(11-2-6-16-7-3-11)17-15(18)19-8-4-12(20)5-9-19/h2-3,6-7,10H,4-5,8-9H2,1H3. The second-order valence-corrected chi connectivity index (χ2v) is 5.10. The molecule has 6 heteroatoms. The lowest BCUT2D eigenvalue weighted by molar-refractivity contribution is -0.119. The fourth-order valence-corrected chi connectivity index (χ4v) is 2.44. The monoisotopic (exact) mass is 284 g/mol. The Kier molecular flexibility index (Phi) is 3.51. The zero-order valence-corrected chi connectivity index (χ0v) is 11.8. The average molecular weight is 284 g/mol. The molecule has 0 aliphatic carbocycles. The van der Waals surface area contributed by atoms with Crippen LogP contribution >= 0.6 is 0 Å². The number of carbonyl (C=O) groups excluding carboxylic acids is 1. The second-order valence-electron chi connectivity index (χ2n) is 5.10. The lowest BCUT2D eigenvalue weighted by Gasteiger charge is -2.28. The third kappa shape index (κ3) is 2.69.